The zero-order chi connectivity index (χ0) is 26.5. The highest BCUT2D eigenvalue weighted by Gasteiger charge is 2.48. The van der Waals surface area contributed by atoms with E-state index in [0.717, 1.165) is 42.9 Å². The molecule has 3 heterocycles. The molecule has 198 valence electrons. The number of nitrogens with zero attached hydrogens (tertiary/aromatic N) is 2. The fraction of sp³-hybridized carbons (Fsp3) is 0.400. The van der Waals surface area contributed by atoms with E-state index in [-0.39, 0.29) is 23.3 Å². The number of nitrogens with one attached hydrogen (secondary N) is 2. The van der Waals surface area contributed by atoms with E-state index in [9.17, 15) is 14.3 Å². The molecule has 3 aromatic rings. The topological polar surface area (TPSA) is 90.5 Å². The molecule has 0 saturated carbocycles. The van der Waals surface area contributed by atoms with Gasteiger partial charge in [0.15, 0.2) is 0 Å². The Balaban J connectivity index is 1.22. The Morgan fingerprint density at radius 1 is 1.16 bits per heavy atom. The van der Waals surface area contributed by atoms with E-state index >= 15 is 0 Å². The number of aromatic hydroxyl groups is 1. The molecule has 2 saturated heterocycles. The quantitative estimate of drug-likeness (QED) is 0.379. The van der Waals surface area contributed by atoms with Crippen molar-refractivity contribution in [2.75, 3.05) is 32.9 Å². The van der Waals surface area contributed by atoms with Crippen molar-refractivity contribution >= 4 is 0 Å². The van der Waals surface area contributed by atoms with Crippen LogP contribution in [-0.2, 0) is 17.7 Å². The molecule has 2 aliphatic rings. The molecule has 1 spiro atoms. The van der Waals surface area contributed by atoms with Gasteiger partial charge in [-0.15, -0.1) is 0 Å². The van der Waals surface area contributed by atoms with Crippen LogP contribution < -0.4 is 10.9 Å². The minimum Gasteiger partial charge on any atom is -0.502 e. The highest BCUT2D eigenvalue weighted by atomic mass is 19.1. The number of hydrogen-bond donors (Lipinski definition) is 3. The van der Waals surface area contributed by atoms with Gasteiger partial charge in [-0.2, -0.15) is 0 Å². The van der Waals surface area contributed by atoms with Crippen molar-refractivity contribution in [1.29, 1.82) is 0 Å². The molecule has 8 heteroatoms. The van der Waals surface area contributed by atoms with Gasteiger partial charge in [-0.3, -0.25) is 9.69 Å². The number of ether oxygens (including phenoxy) is 1. The standard InChI is InChI=1S/C30H33FN4O3/c1-21(15-31)32-16-26(14-27-28(36)29(37)34-20-33-27)25-10-8-23(9-11-25)3-2-22-4-6-24(7-5-22)17-35-18-30(19-35)12-13-38-30/h4-11,20-21,26,32,36H,12-19H2,1H3,(H,33,34,37)/t21-,26?/m0/s1. The summed E-state index contributed by atoms with van der Waals surface area (Å²) in [6.45, 7) is 5.65. The van der Waals surface area contributed by atoms with Crippen LogP contribution in [0.3, 0.4) is 0 Å². The smallest absolute Gasteiger partial charge is 0.293 e. The molecule has 38 heavy (non-hydrogen) atoms. The third kappa shape index (κ3) is 6.13. The van der Waals surface area contributed by atoms with Gasteiger partial charge < -0.3 is 20.1 Å². The predicted molar refractivity (Wildman–Crippen MR) is 144 cm³/mol. The van der Waals surface area contributed by atoms with Gasteiger partial charge >= 0.3 is 0 Å². The van der Waals surface area contributed by atoms with Crippen LogP contribution in [0, 0.1) is 11.8 Å². The number of aromatic nitrogens is 2. The first kappa shape index (κ1) is 26.1. The zero-order valence-electron chi connectivity index (χ0n) is 21.5. The van der Waals surface area contributed by atoms with Crippen molar-refractivity contribution in [3.05, 3.63) is 93.2 Å². The van der Waals surface area contributed by atoms with Gasteiger partial charge in [0.25, 0.3) is 5.56 Å². The molecular weight excluding hydrogens is 483 g/mol. The van der Waals surface area contributed by atoms with Crippen molar-refractivity contribution in [2.24, 2.45) is 0 Å². The lowest BCUT2D eigenvalue weighted by Gasteiger charge is -2.55. The molecule has 0 amide bonds. The number of aromatic amines is 1. The van der Waals surface area contributed by atoms with Gasteiger partial charge in [0.2, 0.25) is 5.75 Å². The van der Waals surface area contributed by atoms with Crippen LogP contribution in [0.4, 0.5) is 4.39 Å². The van der Waals surface area contributed by atoms with Crippen LogP contribution in [0.25, 0.3) is 0 Å². The number of rotatable bonds is 9. The maximum absolute atomic E-state index is 13.0. The fourth-order valence-electron chi connectivity index (χ4n) is 4.97. The van der Waals surface area contributed by atoms with E-state index in [1.807, 2.05) is 24.3 Å². The van der Waals surface area contributed by atoms with E-state index in [1.54, 1.807) is 6.92 Å². The maximum atomic E-state index is 13.0. The van der Waals surface area contributed by atoms with Crippen molar-refractivity contribution in [2.45, 2.75) is 43.9 Å². The number of H-pyrrole nitrogens is 1. The average Bonchev–Trinajstić information content (AvgIpc) is 2.89. The maximum Gasteiger partial charge on any atom is 0.293 e. The number of hydrogen-bond acceptors (Lipinski definition) is 6. The van der Waals surface area contributed by atoms with Crippen molar-refractivity contribution in [3.8, 4) is 17.6 Å². The van der Waals surface area contributed by atoms with Crippen LogP contribution in [0.5, 0.6) is 5.75 Å². The van der Waals surface area contributed by atoms with E-state index in [4.69, 9.17) is 4.74 Å². The Morgan fingerprint density at radius 2 is 1.82 bits per heavy atom. The first-order chi connectivity index (χ1) is 18.4. The molecule has 2 fully saturated rings. The highest BCUT2D eigenvalue weighted by Crippen LogP contribution is 2.36. The lowest BCUT2D eigenvalue weighted by atomic mass is 9.86. The van der Waals surface area contributed by atoms with Gasteiger partial charge in [0, 0.05) is 62.1 Å². The molecule has 5 rings (SSSR count). The largest absolute Gasteiger partial charge is 0.502 e. The lowest BCUT2D eigenvalue weighted by Crippen LogP contribution is -2.67. The molecule has 3 N–H and O–H groups in total. The van der Waals surface area contributed by atoms with Crippen LogP contribution >= 0.6 is 0 Å². The Labute approximate surface area is 222 Å². The molecule has 2 aromatic carbocycles. The van der Waals surface area contributed by atoms with Gasteiger partial charge in [-0.05, 0) is 42.3 Å². The molecule has 1 unspecified atom stereocenters. The molecule has 7 nitrogen and oxygen atoms in total. The minimum absolute atomic E-state index is 0.115. The van der Waals surface area contributed by atoms with Crippen LogP contribution in [-0.4, -0.2) is 64.5 Å². The third-order valence-electron chi connectivity index (χ3n) is 7.37. The van der Waals surface area contributed by atoms with Gasteiger partial charge in [0.05, 0.1) is 24.2 Å². The van der Waals surface area contributed by atoms with Crippen molar-refractivity contribution in [3.63, 3.8) is 0 Å². The second-order valence-electron chi connectivity index (χ2n) is 10.4. The molecular formula is C30H33FN4O3. The molecule has 0 radical (unpaired) electrons. The highest BCUT2D eigenvalue weighted by molar-refractivity contribution is 5.44. The van der Waals surface area contributed by atoms with E-state index < -0.39 is 12.2 Å². The first-order valence-electron chi connectivity index (χ1n) is 13.1. The molecule has 0 aliphatic carbocycles. The minimum atomic E-state index is -0.574. The fourth-order valence-corrected chi connectivity index (χ4v) is 4.97. The van der Waals surface area contributed by atoms with E-state index in [1.165, 1.54) is 18.3 Å². The Morgan fingerprint density at radius 3 is 2.42 bits per heavy atom. The van der Waals surface area contributed by atoms with Crippen molar-refractivity contribution < 1.29 is 14.2 Å². The number of halogens is 1. The summed E-state index contributed by atoms with van der Waals surface area (Å²) in [5.41, 5.74) is 3.99. The summed E-state index contributed by atoms with van der Waals surface area (Å²) in [6, 6.07) is 16.0. The summed E-state index contributed by atoms with van der Waals surface area (Å²) in [5, 5.41) is 13.3. The second-order valence-corrected chi connectivity index (χ2v) is 10.4. The van der Waals surface area contributed by atoms with E-state index in [2.05, 4.69) is 56.3 Å². The van der Waals surface area contributed by atoms with E-state index in [0.29, 0.717) is 18.7 Å². The monoisotopic (exact) mass is 516 g/mol. The predicted octanol–water partition coefficient (Wildman–Crippen LogP) is 3.12. The number of benzene rings is 2. The summed E-state index contributed by atoms with van der Waals surface area (Å²) in [7, 11) is 0. The van der Waals surface area contributed by atoms with Gasteiger partial charge in [0.1, 0.15) is 6.67 Å². The SMILES string of the molecule is C[C@@H](CF)NCC(Cc1nc[nH]c(=O)c1O)c1ccc(C#Cc2ccc(CN3CC4(CCO4)C3)cc2)cc1. The molecule has 2 aliphatic heterocycles. The summed E-state index contributed by atoms with van der Waals surface area (Å²) in [4.78, 5) is 20.7. The summed E-state index contributed by atoms with van der Waals surface area (Å²) in [6.07, 6.45) is 2.80. The Bertz CT molecular complexity index is 1350. The molecule has 1 aromatic heterocycles. The van der Waals surface area contributed by atoms with Gasteiger partial charge in [-0.1, -0.05) is 36.1 Å². The van der Waals surface area contributed by atoms with Crippen LogP contribution in [0.2, 0.25) is 0 Å². The normalized spacial score (nSPS) is 17.6. The Hall–Kier alpha value is -3.51. The number of alkyl halides is 1. The number of likely N-dealkylation sites (tertiary alicyclic amines) is 1. The summed E-state index contributed by atoms with van der Waals surface area (Å²) >= 11 is 0. The summed E-state index contributed by atoms with van der Waals surface area (Å²) in [5.74, 6) is 5.95. The first-order valence-corrected chi connectivity index (χ1v) is 13.1. The zero-order valence-corrected chi connectivity index (χ0v) is 21.5. The summed E-state index contributed by atoms with van der Waals surface area (Å²) < 4.78 is 18.7. The van der Waals surface area contributed by atoms with Crippen LogP contribution in [0.1, 0.15) is 47.2 Å². The lowest BCUT2D eigenvalue weighted by molar-refractivity contribution is -0.223. The van der Waals surface area contributed by atoms with Crippen molar-refractivity contribution in [1.82, 2.24) is 20.2 Å². The molecule has 0 bridgehead atoms. The van der Waals surface area contributed by atoms with Gasteiger partial charge in [-0.25, -0.2) is 9.37 Å². The molecule has 2 atom stereocenters. The third-order valence-corrected chi connectivity index (χ3v) is 7.37. The average molecular weight is 517 g/mol. The van der Waals surface area contributed by atoms with Crippen LogP contribution in [0.15, 0.2) is 59.7 Å². The second kappa shape index (κ2) is 11.5. The Kier molecular flexibility index (Phi) is 7.89.